The maximum absolute atomic E-state index is 13.2. The van der Waals surface area contributed by atoms with Crippen LogP contribution in [0, 0.1) is 17.5 Å². The summed E-state index contributed by atoms with van der Waals surface area (Å²) in [6, 6.07) is 5.72. The van der Waals surface area contributed by atoms with Crippen LogP contribution in [-0.2, 0) is 0 Å². The Morgan fingerprint density at radius 2 is 1.81 bits per heavy atom. The number of rotatable bonds is 2. The molecule has 0 bridgehead atoms. The molecule has 1 heterocycles. The average Bonchev–Trinajstić information content (AvgIpc) is 2.87. The fourth-order valence-corrected chi connectivity index (χ4v) is 1.92. The van der Waals surface area contributed by atoms with Crippen LogP contribution in [0.15, 0.2) is 34.7 Å². The van der Waals surface area contributed by atoms with Crippen molar-refractivity contribution in [2.24, 2.45) is 0 Å². The van der Waals surface area contributed by atoms with E-state index < -0.39 is 23.4 Å². The van der Waals surface area contributed by atoms with Crippen molar-refractivity contribution in [2.45, 2.75) is 0 Å². The highest BCUT2D eigenvalue weighted by atomic mass is 19.2. The van der Waals surface area contributed by atoms with E-state index in [0.717, 1.165) is 12.1 Å². The number of benzene rings is 2. The standard InChI is InChI=1S/C14H6F3NO3/c15-8-4-6(5-9(16)11(8)17)13-18-10-3-1-2-7(14(19)20)12(10)21-13/h1-5H,(H,19,20). The fourth-order valence-electron chi connectivity index (χ4n) is 1.92. The molecule has 0 saturated carbocycles. The van der Waals surface area contributed by atoms with Crippen molar-refractivity contribution < 1.29 is 27.5 Å². The van der Waals surface area contributed by atoms with Gasteiger partial charge in [-0.1, -0.05) is 6.07 Å². The average molecular weight is 293 g/mol. The molecule has 0 aliphatic carbocycles. The first-order chi connectivity index (χ1) is 9.97. The van der Waals surface area contributed by atoms with E-state index in [-0.39, 0.29) is 28.1 Å². The zero-order chi connectivity index (χ0) is 15.1. The van der Waals surface area contributed by atoms with Gasteiger partial charge in [0.05, 0.1) is 0 Å². The van der Waals surface area contributed by atoms with Gasteiger partial charge in [-0.15, -0.1) is 0 Å². The second-order valence-electron chi connectivity index (χ2n) is 4.23. The molecule has 3 rings (SSSR count). The molecule has 0 radical (unpaired) electrons. The predicted octanol–water partition coefficient (Wildman–Crippen LogP) is 3.61. The van der Waals surface area contributed by atoms with Gasteiger partial charge in [-0.25, -0.2) is 22.9 Å². The second kappa shape index (κ2) is 4.62. The molecule has 0 spiro atoms. The van der Waals surface area contributed by atoms with Crippen LogP contribution in [0.4, 0.5) is 13.2 Å². The van der Waals surface area contributed by atoms with Gasteiger partial charge in [-0.3, -0.25) is 0 Å². The molecule has 0 amide bonds. The number of hydrogen-bond donors (Lipinski definition) is 1. The molecular formula is C14H6F3NO3. The SMILES string of the molecule is O=C(O)c1cccc2nc(-c3cc(F)c(F)c(F)c3)oc12. The van der Waals surface area contributed by atoms with E-state index in [1.165, 1.54) is 18.2 Å². The van der Waals surface area contributed by atoms with Gasteiger partial charge < -0.3 is 9.52 Å². The Morgan fingerprint density at radius 1 is 1.14 bits per heavy atom. The summed E-state index contributed by atoms with van der Waals surface area (Å²) in [6.07, 6.45) is 0. The molecule has 4 nitrogen and oxygen atoms in total. The first-order valence-corrected chi connectivity index (χ1v) is 5.75. The Hall–Kier alpha value is -2.83. The largest absolute Gasteiger partial charge is 0.478 e. The van der Waals surface area contributed by atoms with Crippen LogP contribution in [0.2, 0.25) is 0 Å². The number of para-hydroxylation sites is 1. The Bertz CT molecular complexity index is 850. The number of hydrogen-bond acceptors (Lipinski definition) is 3. The second-order valence-corrected chi connectivity index (χ2v) is 4.23. The monoisotopic (exact) mass is 293 g/mol. The number of halogens is 3. The van der Waals surface area contributed by atoms with Crippen LogP contribution in [0.25, 0.3) is 22.6 Å². The third kappa shape index (κ3) is 2.12. The number of carboxylic acids is 1. The summed E-state index contributed by atoms with van der Waals surface area (Å²) >= 11 is 0. The molecule has 3 aromatic rings. The van der Waals surface area contributed by atoms with Gasteiger partial charge in [-0.2, -0.15) is 0 Å². The smallest absolute Gasteiger partial charge is 0.339 e. The van der Waals surface area contributed by atoms with Gasteiger partial charge in [0.2, 0.25) is 5.89 Å². The quantitative estimate of drug-likeness (QED) is 0.733. The van der Waals surface area contributed by atoms with Gasteiger partial charge in [0.25, 0.3) is 0 Å². The molecule has 2 aromatic carbocycles. The van der Waals surface area contributed by atoms with Crippen LogP contribution in [-0.4, -0.2) is 16.1 Å². The summed E-state index contributed by atoms with van der Waals surface area (Å²) in [4.78, 5) is 15.0. The van der Waals surface area contributed by atoms with Gasteiger partial charge in [0, 0.05) is 5.56 Å². The third-order valence-corrected chi connectivity index (χ3v) is 2.88. The van der Waals surface area contributed by atoms with E-state index in [9.17, 15) is 18.0 Å². The van der Waals surface area contributed by atoms with Crippen molar-refractivity contribution in [3.8, 4) is 11.5 Å². The minimum atomic E-state index is -1.60. The Kier molecular flexibility index (Phi) is 2.90. The van der Waals surface area contributed by atoms with Crippen LogP contribution in [0.5, 0.6) is 0 Å². The number of nitrogens with zero attached hydrogens (tertiary/aromatic N) is 1. The van der Waals surface area contributed by atoms with Crippen molar-refractivity contribution in [3.05, 3.63) is 53.3 Å². The summed E-state index contributed by atoms with van der Waals surface area (Å²) in [6.45, 7) is 0. The zero-order valence-electron chi connectivity index (χ0n) is 10.2. The molecule has 21 heavy (non-hydrogen) atoms. The van der Waals surface area contributed by atoms with Crippen molar-refractivity contribution in [3.63, 3.8) is 0 Å². The molecule has 7 heteroatoms. The van der Waals surface area contributed by atoms with E-state index >= 15 is 0 Å². The summed E-state index contributed by atoms with van der Waals surface area (Å²) in [5, 5.41) is 9.03. The van der Waals surface area contributed by atoms with E-state index in [4.69, 9.17) is 9.52 Å². The van der Waals surface area contributed by atoms with E-state index in [1.54, 1.807) is 0 Å². The number of oxazole rings is 1. The Balaban J connectivity index is 2.22. The Labute approximate surface area is 115 Å². The third-order valence-electron chi connectivity index (χ3n) is 2.88. The van der Waals surface area contributed by atoms with Crippen LogP contribution in [0.3, 0.4) is 0 Å². The highest BCUT2D eigenvalue weighted by Crippen LogP contribution is 2.28. The lowest BCUT2D eigenvalue weighted by Gasteiger charge is -1.98. The molecule has 0 aliphatic rings. The lowest BCUT2D eigenvalue weighted by atomic mass is 10.2. The maximum Gasteiger partial charge on any atom is 0.339 e. The van der Waals surface area contributed by atoms with Crippen molar-refractivity contribution >= 4 is 17.1 Å². The lowest BCUT2D eigenvalue weighted by Crippen LogP contribution is -1.95. The molecule has 0 fully saturated rings. The van der Waals surface area contributed by atoms with Gasteiger partial charge >= 0.3 is 5.97 Å². The van der Waals surface area contributed by atoms with Crippen LogP contribution in [0.1, 0.15) is 10.4 Å². The lowest BCUT2D eigenvalue weighted by molar-refractivity contribution is 0.0698. The maximum atomic E-state index is 13.2. The van der Waals surface area contributed by atoms with Crippen LogP contribution >= 0.6 is 0 Å². The van der Waals surface area contributed by atoms with Crippen molar-refractivity contribution in [1.82, 2.24) is 4.98 Å². The molecule has 1 aromatic heterocycles. The number of aromatic nitrogens is 1. The van der Waals surface area contributed by atoms with Gasteiger partial charge in [-0.05, 0) is 24.3 Å². The Morgan fingerprint density at radius 3 is 2.43 bits per heavy atom. The molecule has 0 unspecified atom stereocenters. The zero-order valence-corrected chi connectivity index (χ0v) is 10.2. The molecule has 1 N–H and O–H groups in total. The van der Waals surface area contributed by atoms with E-state index in [1.807, 2.05) is 0 Å². The topological polar surface area (TPSA) is 63.3 Å². The summed E-state index contributed by atoms with van der Waals surface area (Å²) < 4.78 is 44.6. The highest BCUT2D eigenvalue weighted by molar-refractivity contribution is 6.00. The van der Waals surface area contributed by atoms with Crippen molar-refractivity contribution in [2.75, 3.05) is 0 Å². The van der Waals surface area contributed by atoms with Gasteiger partial charge in [0.15, 0.2) is 23.0 Å². The predicted molar refractivity (Wildman–Crippen MR) is 66.3 cm³/mol. The van der Waals surface area contributed by atoms with E-state index in [2.05, 4.69) is 4.98 Å². The van der Waals surface area contributed by atoms with Gasteiger partial charge in [0.1, 0.15) is 11.1 Å². The number of fused-ring (bicyclic) bond motifs is 1. The molecule has 0 saturated heterocycles. The summed E-state index contributed by atoms with van der Waals surface area (Å²) in [5.41, 5.74) is -0.0616. The minimum Gasteiger partial charge on any atom is -0.478 e. The summed E-state index contributed by atoms with van der Waals surface area (Å²) in [5.74, 6) is -5.78. The number of aromatic carboxylic acids is 1. The molecular weight excluding hydrogens is 287 g/mol. The van der Waals surface area contributed by atoms with Crippen molar-refractivity contribution in [1.29, 1.82) is 0 Å². The molecule has 0 atom stereocenters. The molecule has 0 aliphatic heterocycles. The number of carboxylic acid groups (broad SMARTS) is 1. The first kappa shape index (κ1) is 13.2. The minimum absolute atomic E-state index is 0.0230. The highest BCUT2D eigenvalue weighted by Gasteiger charge is 2.18. The normalized spacial score (nSPS) is 11.0. The molecule has 106 valence electrons. The van der Waals surface area contributed by atoms with Crippen LogP contribution < -0.4 is 0 Å². The summed E-state index contributed by atoms with van der Waals surface area (Å²) in [7, 11) is 0. The number of carbonyl (C=O) groups is 1. The fraction of sp³-hybridized carbons (Fsp3) is 0. The first-order valence-electron chi connectivity index (χ1n) is 5.75. The van der Waals surface area contributed by atoms with E-state index in [0.29, 0.717) is 0 Å².